The molecule has 19 heavy (non-hydrogen) atoms. The van der Waals surface area contributed by atoms with Crippen molar-refractivity contribution in [2.45, 2.75) is 25.5 Å². The molecule has 0 fully saturated rings. The Morgan fingerprint density at radius 2 is 1.74 bits per heavy atom. The van der Waals surface area contributed by atoms with Gasteiger partial charge in [0.1, 0.15) is 11.5 Å². The number of para-hydroxylation sites is 1. The van der Waals surface area contributed by atoms with E-state index in [2.05, 4.69) is 0 Å². The smallest absolute Gasteiger partial charge is 0.127 e. The minimum Gasteiger partial charge on any atom is -0.457 e. The number of aliphatic hydroxyl groups excluding tert-OH is 1. The summed E-state index contributed by atoms with van der Waals surface area (Å²) in [5.74, 6) is 1.47. The third-order valence-corrected chi connectivity index (χ3v) is 3.06. The Balaban J connectivity index is 2.15. The summed E-state index contributed by atoms with van der Waals surface area (Å²) in [5.41, 5.74) is 6.64. The van der Waals surface area contributed by atoms with E-state index >= 15 is 0 Å². The van der Waals surface area contributed by atoms with E-state index < -0.39 is 6.10 Å². The molecular weight excluding hydrogens is 238 g/mol. The minimum atomic E-state index is -0.663. The van der Waals surface area contributed by atoms with E-state index in [0.717, 1.165) is 17.7 Å². The van der Waals surface area contributed by atoms with Gasteiger partial charge in [0.05, 0.1) is 6.10 Å². The van der Waals surface area contributed by atoms with Crippen LogP contribution in [-0.2, 0) is 0 Å². The predicted octanol–water partition coefficient (Wildman–Crippen LogP) is 3.25. The summed E-state index contributed by atoms with van der Waals surface area (Å²) in [5, 5.41) is 10.1. The second-order valence-corrected chi connectivity index (χ2v) is 4.50. The molecule has 0 saturated carbocycles. The highest BCUT2D eigenvalue weighted by Gasteiger charge is 2.15. The van der Waals surface area contributed by atoms with Gasteiger partial charge in [0.2, 0.25) is 0 Å². The van der Waals surface area contributed by atoms with Gasteiger partial charge in [-0.3, -0.25) is 0 Å². The molecule has 0 bridgehead atoms. The fourth-order valence-corrected chi connectivity index (χ4v) is 1.86. The molecule has 0 spiro atoms. The quantitative estimate of drug-likeness (QED) is 0.864. The zero-order valence-electron chi connectivity index (χ0n) is 11.0. The zero-order valence-corrected chi connectivity index (χ0v) is 11.0. The fourth-order valence-electron chi connectivity index (χ4n) is 1.86. The fraction of sp³-hybridized carbons (Fsp3) is 0.250. The maximum Gasteiger partial charge on any atom is 0.127 e. The number of hydrogen-bond donors (Lipinski definition) is 2. The Morgan fingerprint density at radius 3 is 2.42 bits per heavy atom. The number of benzene rings is 2. The van der Waals surface area contributed by atoms with E-state index in [-0.39, 0.29) is 6.04 Å². The first-order valence-corrected chi connectivity index (χ1v) is 6.47. The number of ether oxygens (including phenoxy) is 1. The minimum absolute atomic E-state index is 0.257. The number of nitrogens with two attached hydrogens (primary N) is 1. The van der Waals surface area contributed by atoms with Crippen molar-refractivity contribution in [2.24, 2.45) is 5.73 Å². The lowest BCUT2D eigenvalue weighted by molar-refractivity contribution is 0.144. The molecule has 0 aliphatic carbocycles. The maximum atomic E-state index is 10.1. The summed E-state index contributed by atoms with van der Waals surface area (Å²) >= 11 is 0. The monoisotopic (exact) mass is 257 g/mol. The normalized spacial score (nSPS) is 13.8. The predicted molar refractivity (Wildman–Crippen MR) is 76.2 cm³/mol. The topological polar surface area (TPSA) is 55.5 Å². The Bertz CT molecular complexity index is 513. The van der Waals surface area contributed by atoms with Crippen LogP contribution in [0.4, 0.5) is 0 Å². The van der Waals surface area contributed by atoms with E-state index in [1.54, 1.807) is 0 Å². The van der Waals surface area contributed by atoms with Gasteiger partial charge in [-0.1, -0.05) is 37.3 Å². The van der Waals surface area contributed by atoms with Crippen LogP contribution in [0.2, 0.25) is 0 Å². The number of hydrogen-bond acceptors (Lipinski definition) is 3. The average Bonchev–Trinajstić information content (AvgIpc) is 2.47. The van der Waals surface area contributed by atoms with Crippen LogP contribution in [0.1, 0.15) is 25.0 Å². The molecule has 0 aromatic heterocycles. The van der Waals surface area contributed by atoms with Crippen LogP contribution < -0.4 is 10.5 Å². The average molecular weight is 257 g/mol. The molecule has 3 heteroatoms. The molecule has 3 N–H and O–H groups in total. The van der Waals surface area contributed by atoms with Crippen molar-refractivity contribution in [2.75, 3.05) is 0 Å². The number of rotatable bonds is 5. The van der Waals surface area contributed by atoms with Gasteiger partial charge in [-0.05, 0) is 36.2 Å². The maximum absolute atomic E-state index is 10.1. The van der Waals surface area contributed by atoms with Crippen LogP contribution in [0.5, 0.6) is 11.5 Å². The van der Waals surface area contributed by atoms with Crippen LogP contribution >= 0.6 is 0 Å². The van der Waals surface area contributed by atoms with Gasteiger partial charge in [0.25, 0.3) is 0 Å². The first kappa shape index (κ1) is 13.6. The second-order valence-electron chi connectivity index (χ2n) is 4.50. The van der Waals surface area contributed by atoms with E-state index in [1.807, 2.05) is 61.5 Å². The van der Waals surface area contributed by atoms with E-state index in [0.29, 0.717) is 5.75 Å². The first-order chi connectivity index (χ1) is 9.20. The molecule has 0 saturated heterocycles. The van der Waals surface area contributed by atoms with Crippen LogP contribution in [0.15, 0.2) is 54.6 Å². The highest BCUT2D eigenvalue weighted by molar-refractivity contribution is 5.35. The zero-order chi connectivity index (χ0) is 13.7. The Hall–Kier alpha value is -1.84. The van der Waals surface area contributed by atoms with Crippen molar-refractivity contribution in [1.29, 1.82) is 0 Å². The molecule has 0 aliphatic rings. The SMILES string of the molecule is CCC(N)C(O)c1cccc(Oc2ccccc2)c1. The largest absolute Gasteiger partial charge is 0.457 e. The molecule has 0 amide bonds. The third-order valence-electron chi connectivity index (χ3n) is 3.06. The van der Waals surface area contributed by atoms with Crippen LogP contribution in [0.25, 0.3) is 0 Å². The molecule has 100 valence electrons. The molecule has 0 heterocycles. The molecule has 2 atom stereocenters. The van der Waals surface area contributed by atoms with E-state index in [4.69, 9.17) is 10.5 Å². The molecule has 2 rings (SSSR count). The lowest BCUT2D eigenvalue weighted by Crippen LogP contribution is -2.27. The van der Waals surface area contributed by atoms with Crippen molar-refractivity contribution in [3.63, 3.8) is 0 Å². The van der Waals surface area contributed by atoms with Gasteiger partial charge < -0.3 is 15.6 Å². The van der Waals surface area contributed by atoms with Crippen molar-refractivity contribution in [3.05, 3.63) is 60.2 Å². The second kappa shape index (κ2) is 6.36. The van der Waals surface area contributed by atoms with Crippen molar-refractivity contribution in [3.8, 4) is 11.5 Å². The molecule has 2 unspecified atom stereocenters. The van der Waals surface area contributed by atoms with E-state index in [9.17, 15) is 5.11 Å². The van der Waals surface area contributed by atoms with Gasteiger partial charge in [0.15, 0.2) is 0 Å². The highest BCUT2D eigenvalue weighted by atomic mass is 16.5. The summed E-state index contributed by atoms with van der Waals surface area (Å²) in [6.45, 7) is 1.96. The summed E-state index contributed by atoms with van der Waals surface area (Å²) in [6, 6.07) is 16.7. The molecule has 0 radical (unpaired) electrons. The van der Waals surface area contributed by atoms with Crippen molar-refractivity contribution >= 4 is 0 Å². The van der Waals surface area contributed by atoms with Gasteiger partial charge in [-0.25, -0.2) is 0 Å². The van der Waals surface area contributed by atoms with E-state index in [1.165, 1.54) is 0 Å². The first-order valence-electron chi connectivity index (χ1n) is 6.47. The third kappa shape index (κ3) is 3.56. The van der Waals surface area contributed by atoms with Gasteiger partial charge >= 0.3 is 0 Å². The van der Waals surface area contributed by atoms with Gasteiger partial charge in [-0.15, -0.1) is 0 Å². The molecular formula is C16H19NO2. The Kier molecular flexibility index (Phi) is 4.55. The lowest BCUT2D eigenvalue weighted by atomic mass is 10.0. The standard InChI is InChI=1S/C16H19NO2/c1-2-15(17)16(18)12-7-6-10-14(11-12)19-13-8-4-3-5-9-13/h3-11,15-16,18H,2,17H2,1H3. The van der Waals surface area contributed by atoms with Crippen LogP contribution in [0, 0.1) is 0 Å². The summed E-state index contributed by atoms with van der Waals surface area (Å²) in [7, 11) is 0. The van der Waals surface area contributed by atoms with Gasteiger partial charge in [-0.2, -0.15) is 0 Å². The summed E-state index contributed by atoms with van der Waals surface area (Å²) in [4.78, 5) is 0. The van der Waals surface area contributed by atoms with Gasteiger partial charge in [0, 0.05) is 6.04 Å². The molecule has 3 nitrogen and oxygen atoms in total. The van der Waals surface area contributed by atoms with Crippen LogP contribution in [0.3, 0.4) is 0 Å². The Morgan fingerprint density at radius 1 is 1.05 bits per heavy atom. The Labute approximate surface area is 113 Å². The van der Waals surface area contributed by atoms with Crippen LogP contribution in [-0.4, -0.2) is 11.1 Å². The summed E-state index contributed by atoms with van der Waals surface area (Å²) < 4.78 is 5.73. The molecule has 2 aromatic carbocycles. The van der Waals surface area contributed by atoms with Crippen molar-refractivity contribution < 1.29 is 9.84 Å². The summed E-state index contributed by atoms with van der Waals surface area (Å²) in [6.07, 6.45) is 0.0645. The lowest BCUT2D eigenvalue weighted by Gasteiger charge is -2.18. The highest BCUT2D eigenvalue weighted by Crippen LogP contribution is 2.25. The van der Waals surface area contributed by atoms with Crippen molar-refractivity contribution in [1.82, 2.24) is 0 Å². The molecule has 2 aromatic rings. The molecule has 0 aliphatic heterocycles. The number of aliphatic hydroxyl groups is 1.